The molecule has 14 heavy (non-hydrogen) atoms. The first-order chi connectivity index (χ1) is 6.49. The molecule has 1 aromatic carbocycles. The van der Waals surface area contributed by atoms with Crippen LogP contribution < -0.4 is 5.73 Å². The molecule has 0 aliphatic carbocycles. The first-order valence-corrected chi connectivity index (χ1v) is 4.40. The van der Waals surface area contributed by atoms with E-state index in [2.05, 4.69) is 0 Å². The van der Waals surface area contributed by atoms with Gasteiger partial charge in [-0.1, -0.05) is 11.6 Å². The molecule has 0 spiro atoms. The molecule has 0 aliphatic heterocycles. The summed E-state index contributed by atoms with van der Waals surface area (Å²) < 4.78 is 13.5. The second-order valence-electron chi connectivity index (χ2n) is 3.04. The van der Waals surface area contributed by atoms with E-state index in [-0.39, 0.29) is 16.1 Å². The van der Waals surface area contributed by atoms with Crippen molar-refractivity contribution in [2.45, 2.75) is 13.0 Å². The number of aliphatic hydroxyl groups excluding tert-OH is 1. The minimum atomic E-state index is -0.965. The minimum absolute atomic E-state index is 0.0304. The summed E-state index contributed by atoms with van der Waals surface area (Å²) in [7, 11) is 0. The molecule has 0 aliphatic rings. The number of halogens is 2. The van der Waals surface area contributed by atoms with Crippen molar-refractivity contribution in [1.82, 2.24) is 0 Å². The van der Waals surface area contributed by atoms with Gasteiger partial charge in [0.05, 0.1) is 23.2 Å². The minimum Gasteiger partial charge on any atom is -0.506 e. The summed E-state index contributed by atoms with van der Waals surface area (Å²) >= 11 is 5.64. The largest absolute Gasteiger partial charge is 0.506 e. The van der Waals surface area contributed by atoms with Crippen molar-refractivity contribution in [3.05, 3.63) is 28.0 Å². The zero-order valence-corrected chi connectivity index (χ0v) is 8.35. The predicted octanol–water partition coefficient (Wildman–Crippen LogP) is 1.49. The van der Waals surface area contributed by atoms with Crippen molar-refractivity contribution in [3.63, 3.8) is 0 Å². The van der Waals surface area contributed by atoms with Crippen LogP contribution in [0.2, 0.25) is 5.02 Å². The quantitative estimate of drug-likeness (QED) is 0.706. The summed E-state index contributed by atoms with van der Waals surface area (Å²) in [6.07, 6.45) is 0. The van der Waals surface area contributed by atoms with E-state index in [0.717, 1.165) is 0 Å². The highest BCUT2D eigenvalue weighted by molar-refractivity contribution is 6.32. The second kappa shape index (κ2) is 4.13. The number of phenolic OH excluding ortho intramolecular Hbond substituents is 1. The fourth-order valence-corrected chi connectivity index (χ4v) is 1.46. The van der Waals surface area contributed by atoms with Crippen molar-refractivity contribution in [1.29, 1.82) is 0 Å². The van der Waals surface area contributed by atoms with Gasteiger partial charge in [-0.3, -0.25) is 0 Å². The lowest BCUT2D eigenvalue weighted by atomic mass is 10.0. The van der Waals surface area contributed by atoms with Crippen LogP contribution in [-0.2, 0) is 0 Å². The lowest BCUT2D eigenvalue weighted by Gasteiger charge is -2.14. The number of aliphatic hydroxyl groups is 1. The summed E-state index contributed by atoms with van der Waals surface area (Å²) in [6, 6.07) is 0.340. The zero-order chi connectivity index (χ0) is 10.9. The van der Waals surface area contributed by atoms with E-state index in [0.29, 0.717) is 0 Å². The number of benzene rings is 1. The van der Waals surface area contributed by atoms with Crippen molar-refractivity contribution in [2.24, 2.45) is 5.73 Å². The van der Waals surface area contributed by atoms with Gasteiger partial charge in [-0.05, 0) is 18.6 Å². The van der Waals surface area contributed by atoms with E-state index >= 15 is 0 Å². The fraction of sp³-hybridized carbons (Fsp3) is 0.333. The Hall–Kier alpha value is -0.840. The van der Waals surface area contributed by atoms with E-state index in [1.807, 2.05) is 0 Å². The van der Waals surface area contributed by atoms with Crippen LogP contribution in [0.25, 0.3) is 0 Å². The number of aryl methyl sites for hydroxylation is 1. The van der Waals surface area contributed by atoms with E-state index < -0.39 is 24.2 Å². The standard InChI is InChI=1S/C9H11ClFNO2/c1-4-2-5(10)9(14)7(8(4)11)6(12)3-13/h2,6,13-14H,3,12H2,1H3. The average Bonchev–Trinajstić information content (AvgIpc) is 2.15. The Morgan fingerprint density at radius 3 is 2.71 bits per heavy atom. The van der Waals surface area contributed by atoms with Gasteiger partial charge in [0, 0.05) is 0 Å². The highest BCUT2D eigenvalue weighted by Crippen LogP contribution is 2.34. The van der Waals surface area contributed by atoms with Gasteiger partial charge in [0.2, 0.25) is 0 Å². The number of nitrogens with two attached hydrogens (primary N) is 1. The molecular weight excluding hydrogens is 209 g/mol. The van der Waals surface area contributed by atoms with Crippen molar-refractivity contribution in [2.75, 3.05) is 6.61 Å². The van der Waals surface area contributed by atoms with Crippen LogP contribution in [-0.4, -0.2) is 16.8 Å². The lowest BCUT2D eigenvalue weighted by Crippen LogP contribution is -2.17. The Balaban J connectivity index is 3.39. The molecule has 0 radical (unpaired) electrons. The number of rotatable bonds is 2. The van der Waals surface area contributed by atoms with Gasteiger partial charge in [0.15, 0.2) is 0 Å². The average molecular weight is 220 g/mol. The van der Waals surface area contributed by atoms with Gasteiger partial charge in [0.1, 0.15) is 11.6 Å². The molecule has 1 aromatic rings. The smallest absolute Gasteiger partial charge is 0.141 e. The molecule has 0 heterocycles. The third-order valence-electron chi connectivity index (χ3n) is 1.97. The summed E-state index contributed by atoms with van der Waals surface area (Å²) in [4.78, 5) is 0. The molecule has 0 saturated heterocycles. The Morgan fingerprint density at radius 1 is 1.64 bits per heavy atom. The number of phenols is 1. The number of aromatic hydroxyl groups is 1. The maximum absolute atomic E-state index is 13.5. The van der Waals surface area contributed by atoms with Crippen LogP contribution in [0, 0.1) is 12.7 Å². The van der Waals surface area contributed by atoms with Crippen LogP contribution in [0.1, 0.15) is 17.2 Å². The van der Waals surface area contributed by atoms with Crippen molar-refractivity contribution >= 4 is 11.6 Å². The third-order valence-corrected chi connectivity index (χ3v) is 2.26. The van der Waals surface area contributed by atoms with Crippen molar-refractivity contribution < 1.29 is 14.6 Å². The van der Waals surface area contributed by atoms with Crippen LogP contribution in [0.5, 0.6) is 5.75 Å². The molecular formula is C9H11ClFNO2. The Labute approximate surface area is 85.9 Å². The van der Waals surface area contributed by atoms with Gasteiger partial charge in [-0.15, -0.1) is 0 Å². The molecule has 78 valence electrons. The SMILES string of the molecule is Cc1cc(Cl)c(O)c(C(N)CO)c1F. The Morgan fingerprint density at radius 2 is 2.21 bits per heavy atom. The van der Waals surface area contributed by atoms with Gasteiger partial charge in [0.25, 0.3) is 0 Å². The first kappa shape index (κ1) is 11.2. The zero-order valence-electron chi connectivity index (χ0n) is 7.59. The molecule has 1 unspecified atom stereocenters. The highest BCUT2D eigenvalue weighted by Gasteiger charge is 2.19. The molecule has 0 amide bonds. The van der Waals surface area contributed by atoms with Crippen LogP contribution in [0.4, 0.5) is 4.39 Å². The summed E-state index contributed by atoms with van der Waals surface area (Å²) in [6.45, 7) is 1.05. The highest BCUT2D eigenvalue weighted by atomic mass is 35.5. The van der Waals surface area contributed by atoms with E-state index in [1.54, 1.807) is 0 Å². The second-order valence-corrected chi connectivity index (χ2v) is 3.45. The van der Waals surface area contributed by atoms with E-state index in [1.165, 1.54) is 13.0 Å². The van der Waals surface area contributed by atoms with E-state index in [9.17, 15) is 9.50 Å². The topological polar surface area (TPSA) is 66.5 Å². The number of hydrogen-bond acceptors (Lipinski definition) is 3. The number of hydrogen-bond donors (Lipinski definition) is 3. The lowest BCUT2D eigenvalue weighted by molar-refractivity contribution is 0.262. The third kappa shape index (κ3) is 1.82. The van der Waals surface area contributed by atoms with Gasteiger partial charge in [-0.2, -0.15) is 0 Å². The molecule has 0 bridgehead atoms. The molecule has 5 heteroatoms. The maximum Gasteiger partial charge on any atom is 0.141 e. The van der Waals surface area contributed by atoms with Gasteiger partial charge >= 0.3 is 0 Å². The fourth-order valence-electron chi connectivity index (χ4n) is 1.20. The van der Waals surface area contributed by atoms with Gasteiger partial charge < -0.3 is 15.9 Å². The summed E-state index contributed by atoms with van der Waals surface area (Å²) in [5.74, 6) is -1.04. The first-order valence-electron chi connectivity index (χ1n) is 4.03. The normalized spacial score (nSPS) is 12.9. The summed E-state index contributed by atoms with van der Waals surface area (Å²) in [5.41, 5.74) is 5.57. The van der Waals surface area contributed by atoms with Gasteiger partial charge in [-0.25, -0.2) is 4.39 Å². The molecule has 0 saturated carbocycles. The molecule has 0 aromatic heterocycles. The maximum atomic E-state index is 13.5. The Bertz CT molecular complexity index is 331. The predicted molar refractivity (Wildman–Crippen MR) is 51.8 cm³/mol. The molecule has 1 rings (SSSR count). The molecule has 0 fully saturated rings. The van der Waals surface area contributed by atoms with E-state index in [4.69, 9.17) is 22.4 Å². The molecule has 4 N–H and O–H groups in total. The Kier molecular flexibility index (Phi) is 3.31. The monoisotopic (exact) mass is 219 g/mol. The summed E-state index contributed by atoms with van der Waals surface area (Å²) in [5, 5.41) is 18.2. The van der Waals surface area contributed by atoms with Crippen LogP contribution in [0.3, 0.4) is 0 Å². The molecule has 1 atom stereocenters. The van der Waals surface area contributed by atoms with Crippen molar-refractivity contribution in [3.8, 4) is 5.75 Å². The van der Waals surface area contributed by atoms with Crippen LogP contribution >= 0.6 is 11.6 Å². The van der Waals surface area contributed by atoms with Crippen LogP contribution in [0.15, 0.2) is 6.07 Å². The molecule has 3 nitrogen and oxygen atoms in total.